The van der Waals surface area contributed by atoms with Crippen molar-refractivity contribution in [1.82, 2.24) is 5.32 Å². The maximum absolute atomic E-state index is 5.30. The van der Waals surface area contributed by atoms with Crippen LogP contribution >= 0.6 is 0 Å². The van der Waals surface area contributed by atoms with Gasteiger partial charge in [-0.1, -0.05) is 40.5 Å². The summed E-state index contributed by atoms with van der Waals surface area (Å²) in [5, 5.41) is 3.67. The molecule has 0 aromatic rings. The molecule has 0 unspecified atom stereocenters. The van der Waals surface area contributed by atoms with Crippen LogP contribution in [0.4, 0.5) is 0 Å². The van der Waals surface area contributed by atoms with Gasteiger partial charge < -0.3 is 10.1 Å². The zero-order valence-electron chi connectivity index (χ0n) is 11.2. The molecular formula is C13H29NO. The van der Waals surface area contributed by atoms with Gasteiger partial charge in [0.05, 0.1) is 6.61 Å². The molecule has 0 aromatic heterocycles. The lowest BCUT2D eigenvalue weighted by Gasteiger charge is -2.30. The van der Waals surface area contributed by atoms with Crippen molar-refractivity contribution < 1.29 is 4.74 Å². The second-order valence-corrected chi connectivity index (χ2v) is 4.70. The van der Waals surface area contributed by atoms with E-state index in [2.05, 4.69) is 19.2 Å². The Labute approximate surface area is 95.8 Å². The van der Waals surface area contributed by atoms with E-state index in [1.54, 1.807) is 7.11 Å². The molecule has 0 aromatic carbocycles. The molecule has 1 saturated carbocycles. The highest BCUT2D eigenvalue weighted by Crippen LogP contribution is 2.29. The first kappa shape index (κ1) is 14.9. The Balaban J connectivity index is 0.000000921. The third kappa shape index (κ3) is 5.53. The van der Waals surface area contributed by atoms with Crippen LogP contribution in [-0.2, 0) is 4.74 Å². The lowest BCUT2D eigenvalue weighted by atomic mass is 9.98. The smallest absolute Gasteiger partial charge is 0.0644 e. The summed E-state index contributed by atoms with van der Waals surface area (Å²) in [5.41, 5.74) is 0.305. The van der Waals surface area contributed by atoms with E-state index < -0.39 is 0 Å². The normalized spacial score (nSPS) is 18.8. The van der Waals surface area contributed by atoms with Crippen molar-refractivity contribution in [1.29, 1.82) is 0 Å². The highest BCUT2D eigenvalue weighted by Gasteiger charge is 2.33. The summed E-state index contributed by atoms with van der Waals surface area (Å²) in [6.45, 7) is 10.5. The topological polar surface area (TPSA) is 21.3 Å². The zero-order chi connectivity index (χ0) is 11.7. The van der Waals surface area contributed by atoms with Gasteiger partial charge in [0.2, 0.25) is 0 Å². The van der Waals surface area contributed by atoms with Gasteiger partial charge in [-0.15, -0.1) is 0 Å². The fraction of sp³-hybridized carbons (Fsp3) is 1.00. The van der Waals surface area contributed by atoms with Gasteiger partial charge in [-0.3, -0.25) is 0 Å². The van der Waals surface area contributed by atoms with Crippen molar-refractivity contribution in [2.75, 3.05) is 20.3 Å². The van der Waals surface area contributed by atoms with Crippen molar-refractivity contribution in [3.8, 4) is 0 Å². The summed E-state index contributed by atoms with van der Waals surface area (Å²) in [6.07, 6.45) is 5.28. The van der Waals surface area contributed by atoms with Crippen LogP contribution in [0.1, 0.15) is 53.4 Å². The summed E-state index contributed by atoms with van der Waals surface area (Å²) < 4.78 is 5.30. The molecule has 0 aliphatic heterocycles. The minimum Gasteiger partial charge on any atom is -0.383 e. The fourth-order valence-corrected chi connectivity index (χ4v) is 2.12. The van der Waals surface area contributed by atoms with E-state index in [0.29, 0.717) is 5.54 Å². The highest BCUT2D eigenvalue weighted by molar-refractivity contribution is 4.92. The van der Waals surface area contributed by atoms with Crippen LogP contribution in [0.25, 0.3) is 0 Å². The molecule has 0 bridgehead atoms. The Morgan fingerprint density at radius 2 is 1.73 bits per heavy atom. The minimum absolute atomic E-state index is 0.305. The highest BCUT2D eigenvalue weighted by atomic mass is 16.5. The zero-order valence-corrected chi connectivity index (χ0v) is 11.2. The van der Waals surface area contributed by atoms with Crippen LogP contribution < -0.4 is 5.32 Å². The van der Waals surface area contributed by atoms with Gasteiger partial charge in [-0.25, -0.2) is 0 Å². The third-order valence-electron chi connectivity index (χ3n) is 2.87. The van der Waals surface area contributed by atoms with Crippen molar-refractivity contribution >= 4 is 0 Å². The number of hydrogen-bond acceptors (Lipinski definition) is 2. The number of ether oxygens (including phenoxy) is 1. The van der Waals surface area contributed by atoms with Crippen molar-refractivity contribution in [2.45, 2.75) is 58.9 Å². The minimum atomic E-state index is 0.305. The van der Waals surface area contributed by atoms with Gasteiger partial charge in [0.25, 0.3) is 0 Å². The van der Waals surface area contributed by atoms with Gasteiger partial charge in [0.1, 0.15) is 0 Å². The van der Waals surface area contributed by atoms with E-state index in [1.165, 1.54) is 25.7 Å². The monoisotopic (exact) mass is 215 g/mol. The first-order valence-electron chi connectivity index (χ1n) is 6.42. The lowest BCUT2D eigenvalue weighted by Crippen LogP contribution is -2.48. The molecule has 0 saturated heterocycles. The van der Waals surface area contributed by atoms with Crippen LogP contribution in [-0.4, -0.2) is 25.8 Å². The van der Waals surface area contributed by atoms with E-state index >= 15 is 0 Å². The largest absolute Gasteiger partial charge is 0.383 e. The first-order valence-corrected chi connectivity index (χ1v) is 6.42. The molecule has 0 radical (unpaired) electrons. The molecule has 2 nitrogen and oxygen atoms in total. The maximum Gasteiger partial charge on any atom is 0.0644 e. The number of rotatable bonds is 5. The summed E-state index contributed by atoms with van der Waals surface area (Å²) >= 11 is 0. The standard InChI is InChI=1S/C11H23NO.C2H6/c1-10(2)8-12-11(9-13-3)6-4-5-7-11;1-2/h10,12H,4-9H2,1-3H3;1-2H3. The molecule has 15 heavy (non-hydrogen) atoms. The Kier molecular flexibility index (Phi) is 8.07. The molecule has 1 fully saturated rings. The van der Waals surface area contributed by atoms with Crippen LogP contribution in [0.15, 0.2) is 0 Å². The maximum atomic E-state index is 5.30. The molecule has 1 aliphatic carbocycles. The third-order valence-corrected chi connectivity index (χ3v) is 2.87. The second-order valence-electron chi connectivity index (χ2n) is 4.70. The summed E-state index contributed by atoms with van der Waals surface area (Å²) in [6, 6.07) is 0. The molecule has 1 rings (SSSR count). The van der Waals surface area contributed by atoms with E-state index in [1.807, 2.05) is 13.8 Å². The van der Waals surface area contributed by atoms with Crippen LogP contribution in [0.5, 0.6) is 0 Å². The van der Waals surface area contributed by atoms with Crippen molar-refractivity contribution in [3.63, 3.8) is 0 Å². The van der Waals surface area contributed by atoms with Gasteiger partial charge in [-0.2, -0.15) is 0 Å². The van der Waals surface area contributed by atoms with Crippen LogP contribution in [0.2, 0.25) is 0 Å². The Hall–Kier alpha value is -0.0800. The SMILES string of the molecule is CC.COCC1(NCC(C)C)CCCC1. The quantitative estimate of drug-likeness (QED) is 0.760. The summed E-state index contributed by atoms with van der Waals surface area (Å²) in [4.78, 5) is 0. The molecule has 0 spiro atoms. The van der Waals surface area contributed by atoms with Gasteiger partial charge in [0, 0.05) is 12.6 Å². The Bertz CT molecular complexity index is 139. The summed E-state index contributed by atoms with van der Waals surface area (Å²) in [5.74, 6) is 0.731. The second kappa shape index (κ2) is 8.12. The molecule has 1 N–H and O–H groups in total. The molecule has 92 valence electrons. The molecule has 0 atom stereocenters. The van der Waals surface area contributed by atoms with E-state index in [9.17, 15) is 0 Å². The van der Waals surface area contributed by atoms with Crippen LogP contribution in [0.3, 0.4) is 0 Å². The predicted molar refractivity (Wildman–Crippen MR) is 67.3 cm³/mol. The average molecular weight is 215 g/mol. The van der Waals surface area contributed by atoms with E-state index in [4.69, 9.17) is 4.74 Å². The van der Waals surface area contributed by atoms with E-state index in [0.717, 1.165) is 19.1 Å². The number of methoxy groups -OCH3 is 1. The van der Waals surface area contributed by atoms with Gasteiger partial charge in [-0.05, 0) is 25.3 Å². The van der Waals surface area contributed by atoms with Crippen LogP contribution in [0, 0.1) is 5.92 Å². The number of nitrogens with one attached hydrogen (secondary N) is 1. The Morgan fingerprint density at radius 1 is 1.20 bits per heavy atom. The van der Waals surface area contributed by atoms with Gasteiger partial charge >= 0.3 is 0 Å². The summed E-state index contributed by atoms with van der Waals surface area (Å²) in [7, 11) is 1.80. The predicted octanol–water partition coefficient (Wildman–Crippen LogP) is 3.22. The molecular weight excluding hydrogens is 186 g/mol. The molecule has 0 amide bonds. The first-order chi connectivity index (χ1) is 7.18. The van der Waals surface area contributed by atoms with Crippen molar-refractivity contribution in [2.24, 2.45) is 5.92 Å². The molecule has 0 heterocycles. The molecule has 2 heteroatoms. The number of hydrogen-bond donors (Lipinski definition) is 1. The fourth-order valence-electron chi connectivity index (χ4n) is 2.12. The Morgan fingerprint density at radius 3 is 2.13 bits per heavy atom. The average Bonchev–Trinajstić information content (AvgIpc) is 2.68. The lowest BCUT2D eigenvalue weighted by molar-refractivity contribution is 0.109. The van der Waals surface area contributed by atoms with E-state index in [-0.39, 0.29) is 0 Å². The van der Waals surface area contributed by atoms with Crippen molar-refractivity contribution in [3.05, 3.63) is 0 Å². The van der Waals surface area contributed by atoms with Gasteiger partial charge in [0.15, 0.2) is 0 Å². The molecule has 1 aliphatic rings.